The molecule has 0 unspecified atom stereocenters. The molecule has 0 aliphatic rings. The Balaban J connectivity index is 1.87. The maximum Gasteiger partial charge on any atom is 0.238 e. The standard InChI is InChI=1S/C20H24BrN3O2/c1-13-9-14(2)20(15(3)10-13)23-19(26)12-24(4)11-18(25)22-17-7-5-16(21)6-8-17/h5-10H,11-12H2,1-4H3,(H,22,25)(H,23,26). The molecule has 0 saturated carbocycles. The van der Waals surface area contributed by atoms with Crippen LogP contribution in [0.2, 0.25) is 0 Å². The Bertz CT molecular complexity index is 780. The smallest absolute Gasteiger partial charge is 0.238 e. The van der Waals surface area contributed by atoms with Gasteiger partial charge in [0, 0.05) is 15.8 Å². The summed E-state index contributed by atoms with van der Waals surface area (Å²) in [5, 5.41) is 5.76. The number of rotatable bonds is 6. The quantitative estimate of drug-likeness (QED) is 0.749. The first-order valence-corrected chi connectivity index (χ1v) is 9.15. The van der Waals surface area contributed by atoms with Gasteiger partial charge in [-0.25, -0.2) is 0 Å². The number of nitrogens with one attached hydrogen (secondary N) is 2. The van der Waals surface area contributed by atoms with Crippen molar-refractivity contribution in [3.8, 4) is 0 Å². The van der Waals surface area contributed by atoms with Crippen LogP contribution in [0.3, 0.4) is 0 Å². The minimum absolute atomic E-state index is 0.134. The van der Waals surface area contributed by atoms with Crippen LogP contribution >= 0.6 is 15.9 Å². The lowest BCUT2D eigenvalue weighted by Crippen LogP contribution is -2.36. The van der Waals surface area contributed by atoms with Gasteiger partial charge in [0.15, 0.2) is 0 Å². The molecule has 0 heterocycles. The minimum atomic E-state index is -0.162. The van der Waals surface area contributed by atoms with Crippen molar-refractivity contribution in [3.05, 3.63) is 57.6 Å². The molecule has 138 valence electrons. The topological polar surface area (TPSA) is 61.4 Å². The highest BCUT2D eigenvalue weighted by atomic mass is 79.9. The molecule has 0 aromatic heterocycles. The van der Waals surface area contributed by atoms with Gasteiger partial charge in [0.25, 0.3) is 0 Å². The van der Waals surface area contributed by atoms with E-state index in [9.17, 15) is 9.59 Å². The van der Waals surface area contributed by atoms with Crippen LogP contribution in [0.5, 0.6) is 0 Å². The van der Waals surface area contributed by atoms with E-state index < -0.39 is 0 Å². The summed E-state index contributed by atoms with van der Waals surface area (Å²) < 4.78 is 0.950. The third kappa shape index (κ3) is 5.97. The predicted octanol–water partition coefficient (Wildman–Crippen LogP) is 3.88. The number of carbonyl (C=O) groups excluding carboxylic acids is 2. The van der Waals surface area contributed by atoms with Gasteiger partial charge in [-0.1, -0.05) is 33.6 Å². The van der Waals surface area contributed by atoms with Crippen LogP contribution in [0.15, 0.2) is 40.9 Å². The SMILES string of the molecule is Cc1cc(C)c(NC(=O)CN(C)CC(=O)Nc2ccc(Br)cc2)c(C)c1. The molecule has 0 atom stereocenters. The van der Waals surface area contributed by atoms with Crippen molar-refractivity contribution in [3.63, 3.8) is 0 Å². The van der Waals surface area contributed by atoms with Gasteiger partial charge >= 0.3 is 0 Å². The lowest BCUT2D eigenvalue weighted by Gasteiger charge is -2.18. The highest BCUT2D eigenvalue weighted by molar-refractivity contribution is 9.10. The van der Waals surface area contributed by atoms with Crippen molar-refractivity contribution >= 4 is 39.1 Å². The van der Waals surface area contributed by atoms with Crippen molar-refractivity contribution in [2.24, 2.45) is 0 Å². The third-order valence-electron chi connectivity index (χ3n) is 3.90. The molecule has 5 nitrogen and oxygen atoms in total. The molecule has 2 N–H and O–H groups in total. The molecule has 0 saturated heterocycles. The maximum atomic E-state index is 12.3. The van der Waals surface area contributed by atoms with Gasteiger partial charge in [0.05, 0.1) is 13.1 Å². The molecule has 2 aromatic rings. The van der Waals surface area contributed by atoms with Crippen LogP contribution in [0.1, 0.15) is 16.7 Å². The molecule has 0 bridgehead atoms. The minimum Gasteiger partial charge on any atom is -0.325 e. The van der Waals surface area contributed by atoms with Crippen LogP contribution in [-0.2, 0) is 9.59 Å². The summed E-state index contributed by atoms with van der Waals surface area (Å²) in [6.45, 7) is 6.26. The summed E-state index contributed by atoms with van der Waals surface area (Å²) in [5.74, 6) is -0.302. The first-order chi connectivity index (χ1) is 12.2. The number of hydrogen-bond acceptors (Lipinski definition) is 3. The van der Waals surface area contributed by atoms with Crippen LogP contribution in [0.4, 0.5) is 11.4 Å². The number of likely N-dealkylation sites (N-methyl/N-ethyl adjacent to an activating group) is 1. The summed E-state index contributed by atoms with van der Waals surface area (Å²) in [5.41, 5.74) is 4.80. The number of carbonyl (C=O) groups is 2. The molecule has 2 amide bonds. The normalized spacial score (nSPS) is 10.7. The molecular weight excluding hydrogens is 394 g/mol. The lowest BCUT2D eigenvalue weighted by atomic mass is 10.1. The maximum absolute atomic E-state index is 12.3. The van der Waals surface area contributed by atoms with Gasteiger partial charge in [-0.2, -0.15) is 0 Å². The first-order valence-electron chi connectivity index (χ1n) is 8.36. The van der Waals surface area contributed by atoms with Crippen molar-refractivity contribution in [1.82, 2.24) is 4.90 Å². The highest BCUT2D eigenvalue weighted by Crippen LogP contribution is 2.21. The van der Waals surface area contributed by atoms with Crippen molar-refractivity contribution < 1.29 is 9.59 Å². The second kappa shape index (κ2) is 8.96. The second-order valence-corrected chi connectivity index (χ2v) is 7.46. The van der Waals surface area contributed by atoms with Crippen molar-refractivity contribution in [2.75, 3.05) is 30.8 Å². The number of amides is 2. The first kappa shape index (κ1) is 20.1. The van der Waals surface area contributed by atoms with Crippen LogP contribution < -0.4 is 10.6 Å². The fourth-order valence-corrected chi connectivity index (χ4v) is 3.10. The van der Waals surface area contributed by atoms with E-state index in [2.05, 4.69) is 26.6 Å². The number of halogens is 1. The van der Waals surface area contributed by atoms with E-state index >= 15 is 0 Å². The largest absolute Gasteiger partial charge is 0.325 e. The Hall–Kier alpha value is -2.18. The fourth-order valence-electron chi connectivity index (χ4n) is 2.84. The van der Waals surface area contributed by atoms with Crippen LogP contribution in [0, 0.1) is 20.8 Å². The summed E-state index contributed by atoms with van der Waals surface area (Å²) in [7, 11) is 1.75. The monoisotopic (exact) mass is 417 g/mol. The third-order valence-corrected chi connectivity index (χ3v) is 4.43. The second-order valence-electron chi connectivity index (χ2n) is 6.55. The lowest BCUT2D eigenvalue weighted by molar-refractivity contribution is -0.119. The Labute approximate surface area is 162 Å². The van der Waals surface area contributed by atoms with E-state index in [0.717, 1.165) is 27.0 Å². The van der Waals surface area contributed by atoms with Gasteiger partial charge in [-0.15, -0.1) is 0 Å². The van der Waals surface area contributed by atoms with Gasteiger partial charge in [-0.3, -0.25) is 14.5 Å². The molecule has 2 aromatic carbocycles. The van der Waals surface area contributed by atoms with E-state index in [-0.39, 0.29) is 24.9 Å². The average Bonchev–Trinajstić information content (AvgIpc) is 2.52. The molecule has 0 aliphatic heterocycles. The van der Waals surface area contributed by atoms with Crippen molar-refractivity contribution in [1.29, 1.82) is 0 Å². The van der Waals surface area contributed by atoms with Crippen LogP contribution in [0.25, 0.3) is 0 Å². The number of benzene rings is 2. The van der Waals surface area contributed by atoms with E-state index in [0.29, 0.717) is 0 Å². The number of nitrogens with zero attached hydrogens (tertiary/aromatic N) is 1. The number of anilines is 2. The molecular formula is C20H24BrN3O2. The van der Waals surface area contributed by atoms with Gasteiger partial charge in [0.1, 0.15) is 0 Å². The molecule has 0 aliphatic carbocycles. The van der Waals surface area contributed by atoms with Crippen LogP contribution in [-0.4, -0.2) is 36.9 Å². The Kier molecular flexibility index (Phi) is 6.94. The zero-order valence-electron chi connectivity index (χ0n) is 15.5. The van der Waals surface area contributed by atoms with Gasteiger partial charge in [0.2, 0.25) is 11.8 Å². The van der Waals surface area contributed by atoms with E-state index in [4.69, 9.17) is 0 Å². The number of hydrogen-bond donors (Lipinski definition) is 2. The summed E-state index contributed by atoms with van der Waals surface area (Å²) in [4.78, 5) is 26.1. The summed E-state index contributed by atoms with van der Waals surface area (Å²) >= 11 is 3.35. The van der Waals surface area contributed by atoms with E-state index in [1.165, 1.54) is 5.56 Å². The van der Waals surface area contributed by atoms with Crippen molar-refractivity contribution in [2.45, 2.75) is 20.8 Å². The number of aryl methyl sites for hydroxylation is 3. The average molecular weight is 418 g/mol. The zero-order valence-corrected chi connectivity index (χ0v) is 17.1. The summed E-state index contributed by atoms with van der Waals surface area (Å²) in [6.07, 6.45) is 0. The van der Waals surface area contributed by atoms with E-state index in [1.807, 2.05) is 57.2 Å². The van der Waals surface area contributed by atoms with Gasteiger partial charge < -0.3 is 10.6 Å². The zero-order chi connectivity index (χ0) is 19.3. The molecule has 0 spiro atoms. The molecule has 26 heavy (non-hydrogen) atoms. The fraction of sp³-hybridized carbons (Fsp3) is 0.300. The van der Waals surface area contributed by atoms with E-state index in [1.54, 1.807) is 11.9 Å². The molecule has 0 fully saturated rings. The Morgan fingerprint density at radius 3 is 1.96 bits per heavy atom. The highest BCUT2D eigenvalue weighted by Gasteiger charge is 2.13. The molecule has 6 heteroatoms. The predicted molar refractivity (Wildman–Crippen MR) is 110 cm³/mol. The molecule has 2 rings (SSSR count). The Morgan fingerprint density at radius 2 is 1.42 bits per heavy atom. The molecule has 0 radical (unpaired) electrons. The Morgan fingerprint density at radius 1 is 0.923 bits per heavy atom. The summed E-state index contributed by atoms with van der Waals surface area (Å²) in [6, 6.07) is 11.4. The van der Waals surface area contributed by atoms with Gasteiger partial charge in [-0.05, 0) is 63.2 Å².